The Morgan fingerprint density at radius 3 is 3.05 bits per heavy atom. The van der Waals surface area contributed by atoms with Crippen molar-refractivity contribution in [3.05, 3.63) is 48.0 Å². The van der Waals surface area contributed by atoms with Crippen molar-refractivity contribution < 1.29 is 4.52 Å². The average Bonchev–Trinajstić information content (AvgIpc) is 3.15. The summed E-state index contributed by atoms with van der Waals surface area (Å²) < 4.78 is 7.21. The van der Waals surface area contributed by atoms with Crippen molar-refractivity contribution in [2.75, 3.05) is 11.9 Å². The maximum absolute atomic E-state index is 5.49. The number of benzene rings is 1. The third-order valence-electron chi connectivity index (χ3n) is 3.77. The average molecular weight is 281 g/mol. The summed E-state index contributed by atoms with van der Waals surface area (Å²) in [6, 6.07) is 10.1. The van der Waals surface area contributed by atoms with Gasteiger partial charge in [-0.05, 0) is 24.1 Å². The lowest BCUT2D eigenvalue weighted by Gasteiger charge is -2.23. The first kappa shape index (κ1) is 12.1. The Hall–Kier alpha value is -2.63. The van der Waals surface area contributed by atoms with Crippen molar-refractivity contribution in [1.29, 1.82) is 0 Å². The van der Waals surface area contributed by atoms with E-state index in [4.69, 9.17) is 4.52 Å². The minimum absolute atomic E-state index is 0.146. The van der Waals surface area contributed by atoms with E-state index in [1.54, 1.807) is 4.68 Å². The van der Waals surface area contributed by atoms with Crippen LogP contribution in [0.3, 0.4) is 0 Å². The number of rotatable bonds is 2. The fourth-order valence-corrected chi connectivity index (χ4v) is 2.74. The Morgan fingerprint density at radius 2 is 2.19 bits per heavy atom. The maximum atomic E-state index is 5.49. The van der Waals surface area contributed by atoms with Gasteiger partial charge in [0.05, 0.1) is 5.92 Å². The molecule has 6 heteroatoms. The second-order valence-electron chi connectivity index (χ2n) is 5.19. The zero-order valence-electron chi connectivity index (χ0n) is 11.7. The van der Waals surface area contributed by atoms with Crippen molar-refractivity contribution in [3.8, 4) is 11.5 Å². The third kappa shape index (κ3) is 2.08. The van der Waals surface area contributed by atoms with Crippen LogP contribution < -0.4 is 5.32 Å². The van der Waals surface area contributed by atoms with E-state index < -0.39 is 0 Å². The predicted octanol–water partition coefficient (Wildman–Crippen LogP) is 2.42. The van der Waals surface area contributed by atoms with Crippen LogP contribution in [-0.4, -0.2) is 26.5 Å². The molecule has 106 valence electrons. The second-order valence-corrected chi connectivity index (χ2v) is 5.19. The van der Waals surface area contributed by atoms with E-state index in [1.807, 2.05) is 31.4 Å². The maximum Gasteiger partial charge on any atom is 0.234 e. The number of fused-ring (bicyclic) bond motifs is 1. The van der Waals surface area contributed by atoms with Crippen LogP contribution in [0.2, 0.25) is 0 Å². The molecule has 0 saturated carbocycles. The van der Waals surface area contributed by atoms with Crippen LogP contribution in [0, 0.1) is 0 Å². The molecule has 0 bridgehead atoms. The van der Waals surface area contributed by atoms with E-state index in [-0.39, 0.29) is 5.92 Å². The molecule has 1 atom stereocenters. The van der Waals surface area contributed by atoms with E-state index in [0.29, 0.717) is 11.7 Å². The van der Waals surface area contributed by atoms with Gasteiger partial charge in [-0.25, -0.2) is 0 Å². The molecule has 3 heterocycles. The topological polar surface area (TPSA) is 68.8 Å². The van der Waals surface area contributed by atoms with E-state index in [0.717, 1.165) is 24.3 Å². The molecule has 0 saturated heterocycles. The van der Waals surface area contributed by atoms with Gasteiger partial charge in [-0.15, -0.1) is 0 Å². The quantitative estimate of drug-likeness (QED) is 0.781. The molecule has 3 aromatic rings. The van der Waals surface area contributed by atoms with Gasteiger partial charge in [-0.1, -0.05) is 23.4 Å². The lowest BCUT2D eigenvalue weighted by Crippen LogP contribution is -2.17. The largest absolute Gasteiger partial charge is 0.385 e. The molecular weight excluding hydrogens is 266 g/mol. The number of anilines is 1. The van der Waals surface area contributed by atoms with Gasteiger partial charge in [0.1, 0.15) is 5.69 Å². The summed E-state index contributed by atoms with van der Waals surface area (Å²) in [4.78, 5) is 4.53. The Bertz CT molecular complexity index is 776. The van der Waals surface area contributed by atoms with Gasteiger partial charge in [0, 0.05) is 25.5 Å². The van der Waals surface area contributed by atoms with Gasteiger partial charge in [-0.2, -0.15) is 10.1 Å². The van der Waals surface area contributed by atoms with Gasteiger partial charge >= 0.3 is 0 Å². The highest BCUT2D eigenvalue weighted by Crippen LogP contribution is 2.35. The molecule has 0 fully saturated rings. The molecule has 1 aromatic carbocycles. The molecule has 1 aliphatic heterocycles. The zero-order valence-corrected chi connectivity index (χ0v) is 11.7. The molecule has 2 aromatic heterocycles. The number of nitrogens with one attached hydrogen (secondary N) is 1. The summed E-state index contributed by atoms with van der Waals surface area (Å²) in [5, 5.41) is 11.8. The van der Waals surface area contributed by atoms with Crippen LogP contribution in [-0.2, 0) is 7.05 Å². The van der Waals surface area contributed by atoms with Crippen molar-refractivity contribution in [2.24, 2.45) is 7.05 Å². The van der Waals surface area contributed by atoms with E-state index in [2.05, 4.69) is 32.7 Å². The second kappa shape index (κ2) is 4.73. The molecule has 0 spiro atoms. The van der Waals surface area contributed by atoms with Crippen molar-refractivity contribution >= 4 is 5.69 Å². The summed E-state index contributed by atoms with van der Waals surface area (Å²) in [6.07, 6.45) is 2.81. The minimum atomic E-state index is 0.146. The molecule has 6 nitrogen and oxygen atoms in total. The van der Waals surface area contributed by atoms with Crippen molar-refractivity contribution in [1.82, 2.24) is 19.9 Å². The van der Waals surface area contributed by atoms with E-state index in [1.165, 1.54) is 5.56 Å². The summed E-state index contributed by atoms with van der Waals surface area (Å²) in [6.45, 7) is 0.906. The Morgan fingerprint density at radius 1 is 1.29 bits per heavy atom. The molecule has 0 aliphatic carbocycles. The third-order valence-corrected chi connectivity index (χ3v) is 3.77. The van der Waals surface area contributed by atoms with Crippen LogP contribution in [0.5, 0.6) is 0 Å². The van der Waals surface area contributed by atoms with Crippen LogP contribution in [0.4, 0.5) is 5.69 Å². The number of para-hydroxylation sites is 1. The fraction of sp³-hybridized carbons (Fsp3) is 0.267. The monoisotopic (exact) mass is 281 g/mol. The highest BCUT2D eigenvalue weighted by Gasteiger charge is 2.26. The fourth-order valence-electron chi connectivity index (χ4n) is 2.74. The minimum Gasteiger partial charge on any atom is -0.385 e. The summed E-state index contributed by atoms with van der Waals surface area (Å²) >= 11 is 0. The molecule has 21 heavy (non-hydrogen) atoms. The summed E-state index contributed by atoms with van der Waals surface area (Å²) in [7, 11) is 1.87. The molecule has 1 N–H and O–H groups in total. The predicted molar refractivity (Wildman–Crippen MR) is 77.9 cm³/mol. The van der Waals surface area contributed by atoms with Crippen molar-refractivity contribution in [2.45, 2.75) is 12.3 Å². The normalized spacial score (nSPS) is 17.3. The lowest BCUT2D eigenvalue weighted by molar-refractivity contribution is 0.361. The molecular formula is C15H15N5O. The van der Waals surface area contributed by atoms with E-state index in [9.17, 15) is 0 Å². The molecule has 1 unspecified atom stereocenters. The molecule has 0 radical (unpaired) electrons. The Balaban J connectivity index is 1.71. The van der Waals surface area contributed by atoms with Crippen LogP contribution in [0.15, 0.2) is 41.1 Å². The van der Waals surface area contributed by atoms with Gasteiger partial charge in [0.2, 0.25) is 11.7 Å². The Kier molecular flexibility index (Phi) is 2.73. The van der Waals surface area contributed by atoms with Gasteiger partial charge in [-0.3, -0.25) is 4.68 Å². The lowest BCUT2D eigenvalue weighted by atomic mass is 9.91. The summed E-state index contributed by atoms with van der Waals surface area (Å²) in [5.41, 5.74) is 3.08. The molecule has 0 amide bonds. The molecule has 1 aliphatic rings. The zero-order chi connectivity index (χ0) is 14.2. The van der Waals surface area contributed by atoms with Crippen LogP contribution in [0.25, 0.3) is 11.5 Å². The van der Waals surface area contributed by atoms with Gasteiger partial charge < -0.3 is 9.84 Å². The van der Waals surface area contributed by atoms with Crippen LogP contribution >= 0.6 is 0 Å². The van der Waals surface area contributed by atoms with Gasteiger partial charge in [0.25, 0.3) is 0 Å². The van der Waals surface area contributed by atoms with E-state index >= 15 is 0 Å². The standard InChI is InChI=1S/C15H15N5O/c1-20-9-7-13(18-20)14-17-15(21-19-14)11-6-8-16-12-5-3-2-4-10(11)12/h2-5,7,9,11,16H,6,8H2,1H3. The Labute approximate surface area is 121 Å². The highest BCUT2D eigenvalue weighted by atomic mass is 16.5. The first-order valence-corrected chi connectivity index (χ1v) is 6.98. The number of hydrogen-bond acceptors (Lipinski definition) is 5. The SMILES string of the molecule is Cn1ccc(-c2noc(C3CCNc4ccccc43)n2)n1. The van der Waals surface area contributed by atoms with Crippen LogP contribution in [0.1, 0.15) is 23.8 Å². The summed E-state index contributed by atoms with van der Waals surface area (Å²) in [5.74, 6) is 1.35. The molecule has 4 rings (SSSR count). The number of aromatic nitrogens is 4. The first-order chi connectivity index (χ1) is 10.3. The smallest absolute Gasteiger partial charge is 0.234 e. The van der Waals surface area contributed by atoms with Gasteiger partial charge in [0.15, 0.2) is 0 Å². The highest BCUT2D eigenvalue weighted by molar-refractivity contribution is 5.56. The number of hydrogen-bond donors (Lipinski definition) is 1. The first-order valence-electron chi connectivity index (χ1n) is 6.98. The number of nitrogens with zero attached hydrogens (tertiary/aromatic N) is 4. The number of aryl methyl sites for hydroxylation is 1. The van der Waals surface area contributed by atoms with Crippen molar-refractivity contribution in [3.63, 3.8) is 0 Å².